The minimum absolute atomic E-state index is 0.0176. The van der Waals surface area contributed by atoms with Crippen molar-refractivity contribution in [3.63, 3.8) is 0 Å². The van der Waals surface area contributed by atoms with Gasteiger partial charge in [0.05, 0.1) is 13.7 Å². The first kappa shape index (κ1) is 15.8. The van der Waals surface area contributed by atoms with E-state index in [9.17, 15) is 9.59 Å². The standard InChI is InChI=1S/C17H23N3O3/c1-23-15-5-3-2-4-13(15)12-6-8-20(9-7-12)17(22)14-10-18-11-16(21)19-14/h2-5,12,14,18H,6-11H2,1H3,(H,19,21). The SMILES string of the molecule is COc1ccccc1C1CCN(C(=O)C2CNCC(=O)N2)CC1. The van der Waals surface area contributed by atoms with E-state index in [2.05, 4.69) is 16.7 Å². The molecule has 2 saturated heterocycles. The highest BCUT2D eigenvalue weighted by atomic mass is 16.5. The number of rotatable bonds is 3. The Bertz CT molecular complexity index is 582. The van der Waals surface area contributed by atoms with Gasteiger partial charge >= 0.3 is 0 Å². The van der Waals surface area contributed by atoms with E-state index in [0.717, 1.165) is 18.6 Å². The van der Waals surface area contributed by atoms with Gasteiger partial charge in [-0.3, -0.25) is 9.59 Å². The maximum atomic E-state index is 12.5. The number of carbonyl (C=O) groups excluding carboxylic acids is 2. The number of nitrogens with zero attached hydrogens (tertiary/aromatic N) is 1. The fourth-order valence-electron chi connectivity index (χ4n) is 3.41. The van der Waals surface area contributed by atoms with E-state index in [0.29, 0.717) is 32.1 Å². The van der Waals surface area contributed by atoms with Crippen molar-refractivity contribution in [2.75, 3.05) is 33.3 Å². The highest BCUT2D eigenvalue weighted by Crippen LogP contribution is 2.34. The summed E-state index contributed by atoms with van der Waals surface area (Å²) in [5.41, 5.74) is 1.22. The van der Waals surface area contributed by atoms with Gasteiger partial charge in [0.2, 0.25) is 11.8 Å². The Kier molecular flexibility index (Phi) is 4.81. The van der Waals surface area contributed by atoms with E-state index < -0.39 is 6.04 Å². The third-order valence-electron chi connectivity index (χ3n) is 4.65. The van der Waals surface area contributed by atoms with Crippen LogP contribution in [0.25, 0.3) is 0 Å². The Balaban J connectivity index is 1.60. The molecule has 0 bridgehead atoms. The molecule has 2 heterocycles. The number of nitrogens with one attached hydrogen (secondary N) is 2. The Hall–Kier alpha value is -2.08. The number of methoxy groups -OCH3 is 1. The van der Waals surface area contributed by atoms with Crippen molar-refractivity contribution < 1.29 is 14.3 Å². The summed E-state index contributed by atoms with van der Waals surface area (Å²) in [5.74, 6) is 1.23. The van der Waals surface area contributed by atoms with E-state index in [1.54, 1.807) is 7.11 Å². The smallest absolute Gasteiger partial charge is 0.246 e. The summed E-state index contributed by atoms with van der Waals surface area (Å²) < 4.78 is 5.44. The summed E-state index contributed by atoms with van der Waals surface area (Å²) in [6.07, 6.45) is 1.83. The third-order valence-corrected chi connectivity index (χ3v) is 4.65. The van der Waals surface area contributed by atoms with Crippen LogP contribution in [0.5, 0.6) is 5.75 Å². The van der Waals surface area contributed by atoms with Crippen LogP contribution < -0.4 is 15.4 Å². The molecular formula is C17H23N3O3. The summed E-state index contributed by atoms with van der Waals surface area (Å²) >= 11 is 0. The number of amides is 2. The van der Waals surface area contributed by atoms with Gasteiger partial charge < -0.3 is 20.3 Å². The summed E-state index contributed by atoms with van der Waals surface area (Å²) in [4.78, 5) is 25.8. The molecule has 124 valence electrons. The van der Waals surface area contributed by atoms with Crippen LogP contribution in [-0.2, 0) is 9.59 Å². The second-order valence-corrected chi connectivity index (χ2v) is 6.09. The highest BCUT2D eigenvalue weighted by molar-refractivity contribution is 5.89. The quantitative estimate of drug-likeness (QED) is 0.851. The molecule has 6 nitrogen and oxygen atoms in total. The monoisotopic (exact) mass is 317 g/mol. The molecule has 1 unspecified atom stereocenters. The van der Waals surface area contributed by atoms with Gasteiger partial charge in [0.15, 0.2) is 0 Å². The summed E-state index contributed by atoms with van der Waals surface area (Å²) in [6.45, 7) is 2.23. The minimum Gasteiger partial charge on any atom is -0.496 e. The van der Waals surface area contributed by atoms with E-state index in [1.165, 1.54) is 5.56 Å². The molecule has 2 amide bonds. The lowest BCUT2D eigenvalue weighted by Crippen LogP contribution is -2.59. The molecule has 2 aliphatic heterocycles. The number of benzene rings is 1. The predicted octanol–water partition coefficient (Wildman–Crippen LogP) is 0.489. The Morgan fingerprint density at radius 3 is 2.70 bits per heavy atom. The molecule has 0 radical (unpaired) electrons. The van der Waals surface area contributed by atoms with Crippen molar-refractivity contribution in [1.82, 2.24) is 15.5 Å². The van der Waals surface area contributed by atoms with Crippen molar-refractivity contribution in [1.29, 1.82) is 0 Å². The van der Waals surface area contributed by atoms with Crippen LogP contribution in [0.15, 0.2) is 24.3 Å². The molecule has 2 fully saturated rings. The van der Waals surface area contributed by atoms with Crippen LogP contribution in [0.1, 0.15) is 24.3 Å². The number of likely N-dealkylation sites (tertiary alicyclic amines) is 1. The fraction of sp³-hybridized carbons (Fsp3) is 0.529. The maximum absolute atomic E-state index is 12.5. The zero-order valence-electron chi connectivity index (χ0n) is 13.4. The van der Waals surface area contributed by atoms with Gasteiger partial charge in [-0.1, -0.05) is 18.2 Å². The Morgan fingerprint density at radius 2 is 2.00 bits per heavy atom. The molecule has 1 atom stereocenters. The molecular weight excluding hydrogens is 294 g/mol. The van der Waals surface area contributed by atoms with Crippen molar-refractivity contribution in [3.05, 3.63) is 29.8 Å². The number of hydrogen-bond donors (Lipinski definition) is 2. The topological polar surface area (TPSA) is 70.7 Å². The molecule has 0 spiro atoms. The molecule has 6 heteroatoms. The van der Waals surface area contributed by atoms with Gasteiger partial charge in [0.1, 0.15) is 11.8 Å². The zero-order chi connectivity index (χ0) is 16.2. The van der Waals surface area contributed by atoms with Crippen LogP contribution in [0.3, 0.4) is 0 Å². The van der Waals surface area contributed by atoms with E-state index in [-0.39, 0.29) is 11.8 Å². The number of hydrogen-bond acceptors (Lipinski definition) is 4. The largest absolute Gasteiger partial charge is 0.496 e. The fourth-order valence-corrected chi connectivity index (χ4v) is 3.41. The van der Waals surface area contributed by atoms with Crippen LogP contribution in [-0.4, -0.2) is 56.0 Å². The number of piperazine rings is 1. The molecule has 2 aliphatic rings. The second-order valence-electron chi connectivity index (χ2n) is 6.09. The lowest BCUT2D eigenvalue weighted by atomic mass is 9.88. The molecule has 1 aromatic carbocycles. The zero-order valence-corrected chi connectivity index (χ0v) is 13.4. The van der Waals surface area contributed by atoms with E-state index >= 15 is 0 Å². The van der Waals surface area contributed by atoms with Crippen molar-refractivity contribution in [2.45, 2.75) is 24.8 Å². The highest BCUT2D eigenvalue weighted by Gasteiger charge is 2.31. The third kappa shape index (κ3) is 3.47. The lowest BCUT2D eigenvalue weighted by Gasteiger charge is -2.35. The van der Waals surface area contributed by atoms with Crippen molar-refractivity contribution in [2.24, 2.45) is 0 Å². The first-order valence-corrected chi connectivity index (χ1v) is 8.11. The van der Waals surface area contributed by atoms with Crippen LogP contribution in [0, 0.1) is 0 Å². The van der Waals surface area contributed by atoms with Gasteiger partial charge in [-0.15, -0.1) is 0 Å². The summed E-state index contributed by atoms with van der Waals surface area (Å²) in [6, 6.07) is 7.65. The Morgan fingerprint density at radius 1 is 1.26 bits per heavy atom. The maximum Gasteiger partial charge on any atom is 0.246 e. The summed E-state index contributed by atoms with van der Waals surface area (Å²) in [5, 5.41) is 5.74. The van der Waals surface area contributed by atoms with Gasteiger partial charge in [-0.2, -0.15) is 0 Å². The molecule has 0 saturated carbocycles. The normalized spacial score (nSPS) is 22.6. The van der Waals surface area contributed by atoms with Crippen LogP contribution in [0.4, 0.5) is 0 Å². The first-order chi connectivity index (χ1) is 11.2. The second kappa shape index (κ2) is 7.00. The lowest BCUT2D eigenvalue weighted by molar-refractivity contribution is -0.138. The van der Waals surface area contributed by atoms with Gasteiger partial charge in [0, 0.05) is 19.6 Å². The average molecular weight is 317 g/mol. The molecule has 2 N–H and O–H groups in total. The van der Waals surface area contributed by atoms with E-state index in [4.69, 9.17) is 4.74 Å². The van der Waals surface area contributed by atoms with Gasteiger partial charge in [-0.25, -0.2) is 0 Å². The molecule has 0 aliphatic carbocycles. The number of ether oxygens (including phenoxy) is 1. The number of para-hydroxylation sites is 1. The predicted molar refractivity (Wildman–Crippen MR) is 86.3 cm³/mol. The van der Waals surface area contributed by atoms with Crippen molar-refractivity contribution >= 4 is 11.8 Å². The van der Waals surface area contributed by atoms with Crippen molar-refractivity contribution in [3.8, 4) is 5.75 Å². The molecule has 0 aromatic heterocycles. The molecule has 1 aromatic rings. The number of carbonyl (C=O) groups is 2. The Labute approximate surface area is 136 Å². The average Bonchev–Trinajstić information content (AvgIpc) is 2.61. The van der Waals surface area contributed by atoms with Gasteiger partial charge in [-0.05, 0) is 30.4 Å². The van der Waals surface area contributed by atoms with Crippen LogP contribution in [0.2, 0.25) is 0 Å². The molecule has 3 rings (SSSR count). The minimum atomic E-state index is -0.431. The molecule has 23 heavy (non-hydrogen) atoms. The summed E-state index contributed by atoms with van der Waals surface area (Å²) in [7, 11) is 1.69. The van der Waals surface area contributed by atoms with E-state index in [1.807, 2.05) is 23.1 Å². The first-order valence-electron chi connectivity index (χ1n) is 8.11. The van der Waals surface area contributed by atoms with Crippen LogP contribution >= 0.6 is 0 Å². The number of piperidine rings is 1. The van der Waals surface area contributed by atoms with Gasteiger partial charge in [0.25, 0.3) is 0 Å².